The molecule has 0 saturated heterocycles. The van der Waals surface area contributed by atoms with Crippen molar-refractivity contribution in [2.45, 2.75) is 66.0 Å². The lowest BCUT2D eigenvalue weighted by atomic mass is 9.84. The Hall–Kier alpha value is -0.820. The number of benzene rings is 1. The molecule has 1 nitrogen and oxygen atoms in total. The summed E-state index contributed by atoms with van der Waals surface area (Å²) in [5, 5.41) is 0. The van der Waals surface area contributed by atoms with Crippen LogP contribution in [0.3, 0.4) is 0 Å². The van der Waals surface area contributed by atoms with E-state index in [9.17, 15) is 0 Å². The van der Waals surface area contributed by atoms with Crippen molar-refractivity contribution < 1.29 is 0 Å². The number of rotatable bonds is 2. The van der Waals surface area contributed by atoms with Crippen LogP contribution in [-0.2, 0) is 18.4 Å². The van der Waals surface area contributed by atoms with E-state index in [1.54, 1.807) is 11.1 Å². The second-order valence-electron chi connectivity index (χ2n) is 7.44. The molecule has 0 saturated carbocycles. The van der Waals surface area contributed by atoms with Crippen LogP contribution in [0.15, 0.2) is 18.2 Å². The predicted molar refractivity (Wildman–Crippen MR) is 83.6 cm³/mol. The van der Waals surface area contributed by atoms with Crippen molar-refractivity contribution >= 4 is 0 Å². The summed E-state index contributed by atoms with van der Waals surface area (Å²) < 4.78 is 0. The van der Waals surface area contributed by atoms with Crippen molar-refractivity contribution in [1.82, 2.24) is 4.90 Å². The van der Waals surface area contributed by atoms with Crippen LogP contribution in [0, 0.1) is 5.92 Å². The molecule has 1 unspecified atom stereocenters. The van der Waals surface area contributed by atoms with Crippen molar-refractivity contribution in [3.63, 3.8) is 0 Å². The third-order valence-corrected chi connectivity index (χ3v) is 4.65. The first-order valence-electron chi connectivity index (χ1n) is 7.65. The van der Waals surface area contributed by atoms with E-state index < -0.39 is 0 Å². The summed E-state index contributed by atoms with van der Waals surface area (Å²) in [4.78, 5) is 2.64. The maximum atomic E-state index is 2.64. The largest absolute Gasteiger partial charge is 0.296 e. The number of nitrogens with zero attached hydrogens (tertiary/aromatic N) is 1. The Bertz CT molecular complexity index is 439. The highest BCUT2D eigenvalue weighted by Gasteiger charge is 2.24. The Labute approximate surface area is 119 Å². The SMILES string of the molecule is CC(C)C(C)N1CCc2ccc(C(C)(C)C)cc2C1. The maximum Gasteiger partial charge on any atom is 0.0239 e. The first-order chi connectivity index (χ1) is 8.79. The minimum atomic E-state index is 0.251. The van der Waals surface area contributed by atoms with Gasteiger partial charge >= 0.3 is 0 Å². The third-order valence-electron chi connectivity index (χ3n) is 4.65. The molecule has 1 aromatic rings. The van der Waals surface area contributed by atoms with E-state index in [-0.39, 0.29) is 5.41 Å². The van der Waals surface area contributed by atoms with Gasteiger partial charge in [-0.25, -0.2) is 0 Å². The fourth-order valence-corrected chi connectivity index (χ4v) is 2.81. The lowest BCUT2D eigenvalue weighted by Crippen LogP contribution is -2.40. The lowest BCUT2D eigenvalue weighted by Gasteiger charge is -2.36. The lowest BCUT2D eigenvalue weighted by molar-refractivity contribution is 0.152. The molecule has 0 spiro atoms. The highest BCUT2D eigenvalue weighted by atomic mass is 15.2. The second kappa shape index (κ2) is 5.28. The van der Waals surface area contributed by atoms with E-state index in [4.69, 9.17) is 0 Å². The van der Waals surface area contributed by atoms with E-state index in [1.165, 1.54) is 18.5 Å². The zero-order chi connectivity index (χ0) is 14.2. The molecule has 0 bridgehead atoms. The summed E-state index contributed by atoms with van der Waals surface area (Å²) in [6.45, 7) is 16.2. The summed E-state index contributed by atoms with van der Waals surface area (Å²) in [5.41, 5.74) is 4.82. The van der Waals surface area contributed by atoms with Gasteiger partial charge in [-0.1, -0.05) is 52.8 Å². The quantitative estimate of drug-likeness (QED) is 0.761. The molecule has 0 aromatic heterocycles. The van der Waals surface area contributed by atoms with Gasteiger partial charge in [0.25, 0.3) is 0 Å². The van der Waals surface area contributed by atoms with Gasteiger partial charge in [0.15, 0.2) is 0 Å². The Morgan fingerprint density at radius 3 is 2.32 bits per heavy atom. The standard InChI is InChI=1S/C18H29N/c1-13(2)14(3)19-10-9-15-7-8-17(18(4,5)6)11-16(15)12-19/h7-8,11,13-14H,9-10,12H2,1-6H3. The second-order valence-corrected chi connectivity index (χ2v) is 7.44. The fourth-order valence-electron chi connectivity index (χ4n) is 2.81. The monoisotopic (exact) mass is 259 g/mol. The molecule has 0 N–H and O–H groups in total. The molecule has 0 fully saturated rings. The molecular weight excluding hydrogens is 230 g/mol. The van der Waals surface area contributed by atoms with Crippen molar-refractivity contribution in [3.8, 4) is 0 Å². The van der Waals surface area contributed by atoms with Crippen molar-refractivity contribution in [3.05, 3.63) is 34.9 Å². The molecule has 106 valence electrons. The molecule has 1 atom stereocenters. The Morgan fingerprint density at radius 1 is 1.05 bits per heavy atom. The van der Waals surface area contributed by atoms with Crippen LogP contribution in [0.5, 0.6) is 0 Å². The highest BCUT2D eigenvalue weighted by molar-refractivity contribution is 5.36. The Kier molecular flexibility index (Phi) is 4.06. The van der Waals surface area contributed by atoms with E-state index in [0.29, 0.717) is 6.04 Å². The summed E-state index contributed by atoms with van der Waals surface area (Å²) in [6, 6.07) is 7.79. The van der Waals surface area contributed by atoms with Crippen LogP contribution >= 0.6 is 0 Å². The van der Waals surface area contributed by atoms with Crippen molar-refractivity contribution in [2.24, 2.45) is 5.92 Å². The van der Waals surface area contributed by atoms with E-state index in [0.717, 1.165) is 12.5 Å². The van der Waals surface area contributed by atoms with Gasteiger partial charge in [-0.3, -0.25) is 4.90 Å². The van der Waals surface area contributed by atoms with Crippen LogP contribution in [-0.4, -0.2) is 17.5 Å². The van der Waals surface area contributed by atoms with E-state index >= 15 is 0 Å². The van der Waals surface area contributed by atoms with Gasteiger partial charge in [-0.05, 0) is 41.4 Å². The van der Waals surface area contributed by atoms with Gasteiger partial charge in [-0.15, -0.1) is 0 Å². The smallest absolute Gasteiger partial charge is 0.0239 e. The number of hydrogen-bond acceptors (Lipinski definition) is 1. The van der Waals surface area contributed by atoms with Gasteiger partial charge in [0.1, 0.15) is 0 Å². The molecular formula is C18H29N. The topological polar surface area (TPSA) is 3.24 Å². The fraction of sp³-hybridized carbons (Fsp3) is 0.667. The Balaban J connectivity index is 2.23. The molecule has 2 rings (SSSR count). The van der Waals surface area contributed by atoms with Gasteiger partial charge in [0.05, 0.1) is 0 Å². The van der Waals surface area contributed by atoms with Crippen LogP contribution in [0.1, 0.15) is 58.2 Å². The number of hydrogen-bond donors (Lipinski definition) is 0. The maximum absolute atomic E-state index is 2.64. The summed E-state index contributed by atoms with van der Waals surface area (Å²) in [6.07, 6.45) is 1.21. The van der Waals surface area contributed by atoms with Gasteiger partial charge in [0, 0.05) is 19.1 Å². The van der Waals surface area contributed by atoms with Crippen LogP contribution in [0.4, 0.5) is 0 Å². The van der Waals surface area contributed by atoms with Gasteiger partial charge in [0.2, 0.25) is 0 Å². The van der Waals surface area contributed by atoms with E-state index in [2.05, 4.69) is 64.6 Å². The summed E-state index contributed by atoms with van der Waals surface area (Å²) >= 11 is 0. The normalized spacial score (nSPS) is 18.5. The van der Waals surface area contributed by atoms with E-state index in [1.807, 2.05) is 0 Å². The molecule has 0 aliphatic carbocycles. The molecule has 0 radical (unpaired) electrons. The first-order valence-corrected chi connectivity index (χ1v) is 7.65. The molecule has 0 amide bonds. The van der Waals surface area contributed by atoms with Crippen molar-refractivity contribution in [2.75, 3.05) is 6.54 Å². The van der Waals surface area contributed by atoms with Crippen molar-refractivity contribution in [1.29, 1.82) is 0 Å². The van der Waals surface area contributed by atoms with Gasteiger partial charge in [-0.2, -0.15) is 0 Å². The first kappa shape index (κ1) is 14.6. The minimum absolute atomic E-state index is 0.251. The molecule has 1 aliphatic heterocycles. The van der Waals surface area contributed by atoms with Crippen LogP contribution in [0.25, 0.3) is 0 Å². The summed E-state index contributed by atoms with van der Waals surface area (Å²) in [5.74, 6) is 0.729. The average Bonchev–Trinajstić information content (AvgIpc) is 2.35. The summed E-state index contributed by atoms with van der Waals surface area (Å²) in [7, 11) is 0. The molecule has 1 aliphatic rings. The Morgan fingerprint density at radius 2 is 1.74 bits per heavy atom. The zero-order valence-electron chi connectivity index (χ0n) is 13.5. The van der Waals surface area contributed by atoms with Crippen LogP contribution in [0.2, 0.25) is 0 Å². The van der Waals surface area contributed by atoms with Crippen LogP contribution < -0.4 is 0 Å². The average molecular weight is 259 g/mol. The number of fused-ring (bicyclic) bond motifs is 1. The molecule has 19 heavy (non-hydrogen) atoms. The minimum Gasteiger partial charge on any atom is -0.296 e. The highest BCUT2D eigenvalue weighted by Crippen LogP contribution is 2.28. The zero-order valence-corrected chi connectivity index (χ0v) is 13.5. The molecule has 1 aromatic carbocycles. The van der Waals surface area contributed by atoms with Gasteiger partial charge < -0.3 is 0 Å². The third kappa shape index (κ3) is 3.20. The molecule has 1 heteroatoms. The molecule has 1 heterocycles. The predicted octanol–water partition coefficient (Wildman–Crippen LogP) is 4.39.